The van der Waals surface area contributed by atoms with Gasteiger partial charge < -0.3 is 5.32 Å². The lowest BCUT2D eigenvalue weighted by Crippen LogP contribution is -2.54. The van der Waals surface area contributed by atoms with Crippen LogP contribution in [0.5, 0.6) is 0 Å². The zero-order valence-electron chi connectivity index (χ0n) is 13.2. The van der Waals surface area contributed by atoms with Crippen molar-refractivity contribution in [2.75, 3.05) is 12.3 Å². The first-order chi connectivity index (χ1) is 11.0. The lowest BCUT2D eigenvalue weighted by Gasteiger charge is -2.36. The second kappa shape index (κ2) is 6.73. The Bertz CT molecular complexity index is 607. The number of hydrogen-bond acceptors (Lipinski definition) is 3. The van der Waals surface area contributed by atoms with Gasteiger partial charge in [-0.1, -0.05) is 31.4 Å². The Labute approximate surface area is 145 Å². The van der Waals surface area contributed by atoms with Crippen molar-refractivity contribution in [3.63, 3.8) is 0 Å². The maximum atomic E-state index is 12.8. The van der Waals surface area contributed by atoms with Crippen molar-refractivity contribution in [3.05, 3.63) is 29.3 Å². The number of imide groups is 1. The molecular formula is C17H21ClN2O2S. The van der Waals surface area contributed by atoms with Gasteiger partial charge in [-0.3, -0.25) is 9.69 Å². The van der Waals surface area contributed by atoms with Crippen molar-refractivity contribution >= 4 is 35.3 Å². The first-order valence-corrected chi connectivity index (χ1v) is 9.42. The molecule has 1 heterocycles. The van der Waals surface area contributed by atoms with Crippen LogP contribution < -0.4 is 5.32 Å². The summed E-state index contributed by atoms with van der Waals surface area (Å²) in [7, 11) is 0. The molecule has 1 N–H and O–H groups in total. The number of carbonyl (C=O) groups is 2. The molecule has 6 heteroatoms. The van der Waals surface area contributed by atoms with Crippen molar-refractivity contribution in [2.45, 2.75) is 43.0 Å². The highest BCUT2D eigenvalue weighted by Gasteiger charge is 2.54. The molecule has 1 aliphatic heterocycles. The Kier molecular flexibility index (Phi) is 4.87. The third-order valence-electron chi connectivity index (χ3n) is 4.90. The van der Waals surface area contributed by atoms with Crippen LogP contribution in [0.25, 0.3) is 0 Å². The van der Waals surface area contributed by atoms with Crippen molar-refractivity contribution in [3.8, 4) is 0 Å². The fourth-order valence-corrected chi connectivity index (χ4v) is 4.45. The maximum Gasteiger partial charge on any atom is 0.325 e. The van der Waals surface area contributed by atoms with Gasteiger partial charge in [-0.05, 0) is 43.0 Å². The minimum atomic E-state index is -0.653. The molecule has 2 atom stereocenters. The molecule has 3 amide bonds. The fraction of sp³-hybridized carbons (Fsp3) is 0.529. The largest absolute Gasteiger partial charge is 0.325 e. The average molecular weight is 353 g/mol. The summed E-state index contributed by atoms with van der Waals surface area (Å²) in [6.45, 7) is 2.51. The molecule has 1 aromatic carbocycles. The van der Waals surface area contributed by atoms with Gasteiger partial charge in [0, 0.05) is 22.2 Å². The molecule has 1 saturated carbocycles. The standard InChI is InChI=1S/C17H21ClN2O2S/c1-12-4-2-3-9-17(12)15(21)20(16(22)19-17)10-11-23-14-7-5-13(18)6-8-14/h5-8,12H,2-4,9-11H2,1H3,(H,19,22)/t12-,17-/m0/s1. The molecule has 124 valence electrons. The summed E-state index contributed by atoms with van der Waals surface area (Å²) in [5.41, 5.74) is -0.653. The number of amides is 3. The molecule has 4 nitrogen and oxygen atoms in total. The smallest absolute Gasteiger partial charge is 0.323 e. The number of benzene rings is 1. The molecule has 0 bridgehead atoms. The molecule has 0 aromatic heterocycles. The Balaban J connectivity index is 1.61. The van der Waals surface area contributed by atoms with Gasteiger partial charge in [-0.2, -0.15) is 0 Å². The van der Waals surface area contributed by atoms with Gasteiger partial charge in [0.2, 0.25) is 0 Å². The van der Waals surface area contributed by atoms with Crippen molar-refractivity contribution in [2.24, 2.45) is 5.92 Å². The summed E-state index contributed by atoms with van der Waals surface area (Å²) >= 11 is 7.49. The number of nitrogens with zero attached hydrogens (tertiary/aromatic N) is 1. The number of carbonyl (C=O) groups excluding carboxylic acids is 2. The lowest BCUT2D eigenvalue weighted by atomic mass is 9.73. The van der Waals surface area contributed by atoms with E-state index in [9.17, 15) is 9.59 Å². The highest BCUT2D eigenvalue weighted by atomic mass is 35.5. The summed E-state index contributed by atoms with van der Waals surface area (Å²) in [5, 5.41) is 3.69. The topological polar surface area (TPSA) is 49.4 Å². The summed E-state index contributed by atoms with van der Waals surface area (Å²) in [5.74, 6) is 0.860. The Morgan fingerprint density at radius 1 is 1.30 bits per heavy atom. The zero-order valence-corrected chi connectivity index (χ0v) is 14.8. The number of halogens is 1. The number of urea groups is 1. The predicted octanol–water partition coefficient (Wildman–Crippen LogP) is 3.93. The van der Waals surface area contributed by atoms with Crippen LogP contribution in [0.3, 0.4) is 0 Å². The van der Waals surface area contributed by atoms with Crippen LogP contribution in [0.4, 0.5) is 4.79 Å². The summed E-state index contributed by atoms with van der Waals surface area (Å²) in [4.78, 5) is 27.5. The second-order valence-electron chi connectivity index (χ2n) is 6.31. The van der Waals surface area contributed by atoms with Gasteiger partial charge in [-0.15, -0.1) is 11.8 Å². The van der Waals surface area contributed by atoms with Crippen LogP contribution in [0.1, 0.15) is 32.6 Å². The van der Waals surface area contributed by atoms with Crippen LogP contribution in [0.15, 0.2) is 29.2 Å². The molecule has 0 unspecified atom stereocenters. The Hall–Kier alpha value is -1.20. The monoisotopic (exact) mass is 352 g/mol. The number of rotatable bonds is 4. The van der Waals surface area contributed by atoms with E-state index < -0.39 is 5.54 Å². The van der Waals surface area contributed by atoms with Gasteiger partial charge in [0.1, 0.15) is 5.54 Å². The second-order valence-corrected chi connectivity index (χ2v) is 7.91. The van der Waals surface area contributed by atoms with Crippen LogP contribution in [-0.2, 0) is 4.79 Å². The predicted molar refractivity (Wildman–Crippen MR) is 92.8 cm³/mol. The average Bonchev–Trinajstić information content (AvgIpc) is 2.77. The molecule has 1 aliphatic carbocycles. The molecule has 1 saturated heterocycles. The van der Waals surface area contributed by atoms with Crippen molar-refractivity contribution in [1.82, 2.24) is 10.2 Å². The molecule has 23 heavy (non-hydrogen) atoms. The van der Waals surface area contributed by atoms with Crippen LogP contribution in [0, 0.1) is 5.92 Å². The molecule has 1 aromatic rings. The SMILES string of the molecule is C[C@H]1CCCC[C@]12NC(=O)N(CCSc1ccc(Cl)cc1)C2=O. The molecule has 1 spiro atoms. The maximum absolute atomic E-state index is 12.8. The van der Waals surface area contributed by atoms with E-state index in [0.717, 1.165) is 30.6 Å². The summed E-state index contributed by atoms with van der Waals surface area (Å²) in [6, 6.07) is 7.35. The number of thioether (sulfide) groups is 1. The summed E-state index contributed by atoms with van der Waals surface area (Å²) < 4.78 is 0. The van der Waals surface area contributed by atoms with Gasteiger partial charge in [0.05, 0.1) is 0 Å². The van der Waals surface area contributed by atoms with Gasteiger partial charge in [0.25, 0.3) is 5.91 Å². The first kappa shape index (κ1) is 16.7. The van der Waals surface area contributed by atoms with E-state index in [-0.39, 0.29) is 17.9 Å². The van der Waals surface area contributed by atoms with E-state index in [1.54, 1.807) is 11.8 Å². The van der Waals surface area contributed by atoms with E-state index in [1.807, 2.05) is 24.3 Å². The minimum absolute atomic E-state index is 0.0357. The fourth-order valence-electron chi connectivity index (χ4n) is 3.48. The minimum Gasteiger partial charge on any atom is -0.323 e. The van der Waals surface area contributed by atoms with Gasteiger partial charge in [0.15, 0.2) is 0 Å². The number of hydrogen-bond donors (Lipinski definition) is 1. The van der Waals surface area contributed by atoms with Crippen LogP contribution in [-0.4, -0.2) is 34.7 Å². The highest BCUT2D eigenvalue weighted by Crippen LogP contribution is 2.38. The van der Waals surface area contributed by atoms with Crippen molar-refractivity contribution < 1.29 is 9.59 Å². The van der Waals surface area contributed by atoms with Gasteiger partial charge in [-0.25, -0.2) is 4.79 Å². The van der Waals surface area contributed by atoms with E-state index in [2.05, 4.69) is 12.2 Å². The van der Waals surface area contributed by atoms with Crippen LogP contribution in [0.2, 0.25) is 5.02 Å². The molecule has 2 fully saturated rings. The van der Waals surface area contributed by atoms with E-state index in [4.69, 9.17) is 11.6 Å². The first-order valence-electron chi connectivity index (χ1n) is 8.05. The van der Waals surface area contributed by atoms with E-state index in [1.165, 1.54) is 4.90 Å². The molecular weight excluding hydrogens is 332 g/mol. The summed E-state index contributed by atoms with van der Waals surface area (Å²) in [6.07, 6.45) is 3.90. The normalized spacial score (nSPS) is 27.6. The Morgan fingerprint density at radius 3 is 2.74 bits per heavy atom. The van der Waals surface area contributed by atoms with E-state index >= 15 is 0 Å². The Morgan fingerprint density at radius 2 is 2.04 bits per heavy atom. The van der Waals surface area contributed by atoms with Gasteiger partial charge >= 0.3 is 6.03 Å². The van der Waals surface area contributed by atoms with E-state index in [0.29, 0.717) is 17.3 Å². The lowest BCUT2D eigenvalue weighted by molar-refractivity contribution is -0.134. The highest BCUT2D eigenvalue weighted by molar-refractivity contribution is 7.99. The third kappa shape index (κ3) is 3.22. The molecule has 2 aliphatic rings. The van der Waals surface area contributed by atoms with Crippen molar-refractivity contribution in [1.29, 1.82) is 0 Å². The number of nitrogens with one attached hydrogen (secondary N) is 1. The molecule has 3 rings (SSSR count). The van der Waals surface area contributed by atoms with Crippen LogP contribution >= 0.6 is 23.4 Å². The third-order valence-corrected chi connectivity index (χ3v) is 6.14. The molecule has 0 radical (unpaired) electrons. The quantitative estimate of drug-likeness (QED) is 0.659. The zero-order chi connectivity index (χ0) is 16.4.